The van der Waals surface area contributed by atoms with Gasteiger partial charge in [-0.25, -0.2) is 0 Å². The fourth-order valence-electron chi connectivity index (χ4n) is 2.58. The zero-order valence-corrected chi connectivity index (χ0v) is 11.8. The van der Waals surface area contributed by atoms with Crippen molar-refractivity contribution in [3.63, 3.8) is 0 Å². The predicted molar refractivity (Wildman–Crippen MR) is 72.6 cm³/mol. The molecule has 2 N–H and O–H groups in total. The fraction of sp³-hybridized carbons (Fsp3) is 0.500. The first-order valence-electron chi connectivity index (χ1n) is 6.37. The number of ether oxygens (including phenoxy) is 3. The molecule has 0 radical (unpaired) electrons. The van der Waals surface area contributed by atoms with E-state index in [0.29, 0.717) is 30.2 Å². The quantitative estimate of drug-likeness (QED) is 0.850. The minimum atomic E-state index is -0.791. The number of hydrogen-bond donors (Lipinski definition) is 2. The maximum absolute atomic E-state index is 11.1. The van der Waals surface area contributed by atoms with E-state index in [1.54, 1.807) is 33.5 Å². The number of nitrogens with one attached hydrogen (secondary N) is 1. The molecular weight excluding hydrogens is 262 g/mol. The average Bonchev–Trinajstić information content (AvgIpc) is 2.95. The van der Waals surface area contributed by atoms with Gasteiger partial charge in [0.25, 0.3) is 0 Å². The van der Waals surface area contributed by atoms with Gasteiger partial charge in [-0.05, 0) is 18.6 Å². The van der Waals surface area contributed by atoms with E-state index in [2.05, 4.69) is 5.32 Å². The molecule has 1 aliphatic rings. The second-order valence-electron chi connectivity index (χ2n) is 4.65. The first-order valence-corrected chi connectivity index (χ1v) is 6.37. The van der Waals surface area contributed by atoms with E-state index in [4.69, 9.17) is 19.3 Å². The molecule has 1 fully saturated rings. The summed E-state index contributed by atoms with van der Waals surface area (Å²) in [6.07, 6.45) is 0.495. The van der Waals surface area contributed by atoms with Crippen LogP contribution in [0.15, 0.2) is 12.1 Å². The number of carboxylic acids is 1. The summed E-state index contributed by atoms with van der Waals surface area (Å²) in [4.78, 5) is 11.1. The molecule has 6 heteroatoms. The Bertz CT molecular complexity index is 503. The number of benzene rings is 1. The Morgan fingerprint density at radius 3 is 2.35 bits per heavy atom. The van der Waals surface area contributed by atoms with Gasteiger partial charge in [-0.2, -0.15) is 0 Å². The molecular formula is C14H19NO5. The van der Waals surface area contributed by atoms with E-state index in [-0.39, 0.29) is 6.04 Å². The Balaban J connectivity index is 2.41. The van der Waals surface area contributed by atoms with Crippen LogP contribution >= 0.6 is 0 Å². The zero-order chi connectivity index (χ0) is 14.7. The molecule has 1 saturated heterocycles. The Morgan fingerprint density at radius 1 is 1.20 bits per heavy atom. The molecule has 2 unspecified atom stereocenters. The third kappa shape index (κ3) is 2.51. The lowest BCUT2D eigenvalue weighted by Crippen LogP contribution is -2.18. The first-order chi connectivity index (χ1) is 9.62. The summed E-state index contributed by atoms with van der Waals surface area (Å²) in [6.45, 7) is 0.434. The van der Waals surface area contributed by atoms with Gasteiger partial charge in [0.2, 0.25) is 0 Å². The minimum absolute atomic E-state index is 0.129. The van der Waals surface area contributed by atoms with Gasteiger partial charge in [0.15, 0.2) is 11.5 Å². The third-order valence-corrected chi connectivity index (χ3v) is 3.59. The zero-order valence-electron chi connectivity index (χ0n) is 11.8. The summed E-state index contributed by atoms with van der Waals surface area (Å²) in [7, 11) is 4.70. The average molecular weight is 281 g/mol. The molecule has 1 aliphatic heterocycles. The normalized spacial score (nSPS) is 21.6. The molecule has 2 rings (SSSR count). The lowest BCUT2D eigenvalue weighted by molar-refractivity contribution is -0.141. The molecule has 0 bridgehead atoms. The van der Waals surface area contributed by atoms with Crippen LogP contribution < -0.4 is 19.5 Å². The molecule has 20 heavy (non-hydrogen) atoms. The molecule has 0 amide bonds. The van der Waals surface area contributed by atoms with Crippen molar-refractivity contribution in [1.29, 1.82) is 0 Å². The molecule has 1 aromatic rings. The largest absolute Gasteiger partial charge is 0.496 e. The highest BCUT2D eigenvalue weighted by Crippen LogP contribution is 2.44. The van der Waals surface area contributed by atoms with Gasteiger partial charge in [0.05, 0.1) is 32.8 Å². The van der Waals surface area contributed by atoms with E-state index in [1.807, 2.05) is 0 Å². The summed E-state index contributed by atoms with van der Waals surface area (Å²) >= 11 is 0. The van der Waals surface area contributed by atoms with Gasteiger partial charge < -0.3 is 24.6 Å². The van der Waals surface area contributed by atoms with Gasteiger partial charge in [-0.15, -0.1) is 0 Å². The Labute approximate surface area is 117 Å². The highest BCUT2D eigenvalue weighted by atomic mass is 16.5. The van der Waals surface area contributed by atoms with Crippen LogP contribution in [0.1, 0.15) is 18.0 Å². The summed E-state index contributed by atoms with van der Waals surface area (Å²) in [5.74, 6) is 0.645. The molecule has 1 aromatic carbocycles. The topological polar surface area (TPSA) is 77.0 Å². The third-order valence-electron chi connectivity index (χ3n) is 3.59. The van der Waals surface area contributed by atoms with E-state index in [0.717, 1.165) is 5.56 Å². The van der Waals surface area contributed by atoms with Crippen molar-refractivity contribution in [2.45, 2.75) is 12.5 Å². The SMILES string of the molecule is COc1ccc(OC)c(C2CC(C(=O)O)CN2)c1OC. The van der Waals surface area contributed by atoms with Crippen LogP contribution in [0.25, 0.3) is 0 Å². The highest BCUT2D eigenvalue weighted by molar-refractivity contribution is 5.71. The molecule has 0 aromatic heterocycles. The van der Waals surface area contributed by atoms with Gasteiger partial charge in [0, 0.05) is 12.6 Å². The van der Waals surface area contributed by atoms with Crippen LogP contribution in [0.5, 0.6) is 17.2 Å². The summed E-state index contributed by atoms with van der Waals surface area (Å²) < 4.78 is 16.1. The summed E-state index contributed by atoms with van der Waals surface area (Å²) in [5, 5.41) is 12.3. The maximum atomic E-state index is 11.1. The number of carbonyl (C=O) groups is 1. The molecule has 110 valence electrons. The van der Waals surface area contributed by atoms with Crippen LogP contribution in [-0.2, 0) is 4.79 Å². The van der Waals surface area contributed by atoms with Gasteiger partial charge in [-0.1, -0.05) is 0 Å². The van der Waals surface area contributed by atoms with Crippen molar-refractivity contribution in [3.05, 3.63) is 17.7 Å². The Morgan fingerprint density at radius 2 is 1.85 bits per heavy atom. The Hall–Kier alpha value is -1.95. The predicted octanol–water partition coefficient (Wildman–Crippen LogP) is 1.45. The summed E-state index contributed by atoms with van der Waals surface area (Å²) in [6, 6.07) is 3.44. The number of rotatable bonds is 5. The van der Waals surface area contributed by atoms with Crippen LogP contribution in [0, 0.1) is 5.92 Å². The van der Waals surface area contributed by atoms with E-state index >= 15 is 0 Å². The van der Waals surface area contributed by atoms with Gasteiger partial charge in [0.1, 0.15) is 5.75 Å². The van der Waals surface area contributed by atoms with Crippen molar-refractivity contribution in [3.8, 4) is 17.2 Å². The van der Waals surface area contributed by atoms with E-state index in [9.17, 15) is 4.79 Å². The van der Waals surface area contributed by atoms with Crippen molar-refractivity contribution in [2.75, 3.05) is 27.9 Å². The van der Waals surface area contributed by atoms with Crippen molar-refractivity contribution in [2.24, 2.45) is 5.92 Å². The number of methoxy groups -OCH3 is 3. The number of carboxylic acid groups (broad SMARTS) is 1. The maximum Gasteiger partial charge on any atom is 0.307 e. The molecule has 2 atom stereocenters. The lowest BCUT2D eigenvalue weighted by atomic mass is 9.98. The number of hydrogen-bond acceptors (Lipinski definition) is 5. The molecule has 0 aliphatic carbocycles. The van der Waals surface area contributed by atoms with Crippen LogP contribution in [0.3, 0.4) is 0 Å². The lowest BCUT2D eigenvalue weighted by Gasteiger charge is -2.20. The van der Waals surface area contributed by atoms with Gasteiger partial charge in [-0.3, -0.25) is 4.79 Å². The first kappa shape index (κ1) is 14.5. The molecule has 1 heterocycles. The highest BCUT2D eigenvalue weighted by Gasteiger charge is 2.34. The van der Waals surface area contributed by atoms with Gasteiger partial charge >= 0.3 is 5.97 Å². The standard InChI is InChI=1S/C14H19NO5/c1-18-10-4-5-11(19-2)13(20-3)12(10)9-6-8(7-15-9)14(16)17/h4-5,8-9,15H,6-7H2,1-3H3,(H,16,17). The molecule has 0 saturated carbocycles. The number of aliphatic carboxylic acids is 1. The monoisotopic (exact) mass is 281 g/mol. The van der Waals surface area contributed by atoms with Crippen LogP contribution in [0.2, 0.25) is 0 Å². The fourth-order valence-corrected chi connectivity index (χ4v) is 2.58. The molecule has 6 nitrogen and oxygen atoms in total. The molecule has 0 spiro atoms. The second-order valence-corrected chi connectivity index (χ2v) is 4.65. The van der Waals surface area contributed by atoms with Crippen LogP contribution in [-0.4, -0.2) is 38.9 Å². The Kier molecular flexibility index (Phi) is 4.34. The summed E-state index contributed by atoms with van der Waals surface area (Å²) in [5.41, 5.74) is 0.804. The van der Waals surface area contributed by atoms with Crippen molar-refractivity contribution in [1.82, 2.24) is 5.32 Å². The van der Waals surface area contributed by atoms with Crippen molar-refractivity contribution < 1.29 is 24.1 Å². The van der Waals surface area contributed by atoms with Crippen LogP contribution in [0.4, 0.5) is 0 Å². The van der Waals surface area contributed by atoms with Crippen molar-refractivity contribution >= 4 is 5.97 Å². The smallest absolute Gasteiger partial charge is 0.307 e. The van der Waals surface area contributed by atoms with E-state index < -0.39 is 11.9 Å². The minimum Gasteiger partial charge on any atom is -0.496 e. The second kappa shape index (κ2) is 6.00. The van der Waals surface area contributed by atoms with E-state index in [1.165, 1.54) is 0 Å².